The third-order valence-electron chi connectivity index (χ3n) is 3.41. The molecule has 1 heterocycles. The van der Waals surface area contributed by atoms with Gasteiger partial charge in [0.25, 0.3) is 0 Å². The van der Waals surface area contributed by atoms with E-state index in [0.29, 0.717) is 5.96 Å². The van der Waals surface area contributed by atoms with Crippen molar-refractivity contribution >= 4 is 11.9 Å². The maximum Gasteiger partial charge on any atom is 0.243 e. The van der Waals surface area contributed by atoms with Crippen molar-refractivity contribution in [3.05, 3.63) is 0 Å². The van der Waals surface area contributed by atoms with Gasteiger partial charge in [0.05, 0.1) is 13.2 Å². The van der Waals surface area contributed by atoms with Gasteiger partial charge in [-0.05, 0) is 33.7 Å². The van der Waals surface area contributed by atoms with E-state index in [2.05, 4.69) is 41.3 Å². The van der Waals surface area contributed by atoms with Gasteiger partial charge in [0.15, 0.2) is 5.96 Å². The number of ether oxygens (including phenoxy) is 1. The molecule has 1 aliphatic heterocycles. The standard InChI is InChI=1S/C16H33N5O2/c1-16(2,3)19-15(18-13-14(22)20(4)5)17-7-6-8-21-9-11-23-12-10-21/h6-13H2,1-5H3,(H2,17,18,19). The second-order valence-electron chi connectivity index (χ2n) is 7.06. The zero-order valence-electron chi connectivity index (χ0n) is 15.3. The van der Waals surface area contributed by atoms with E-state index in [1.54, 1.807) is 19.0 Å². The fourth-order valence-corrected chi connectivity index (χ4v) is 2.12. The van der Waals surface area contributed by atoms with E-state index in [0.717, 1.165) is 45.8 Å². The highest BCUT2D eigenvalue weighted by Gasteiger charge is 2.13. The molecule has 0 spiro atoms. The number of morpholine rings is 1. The summed E-state index contributed by atoms with van der Waals surface area (Å²) < 4.78 is 5.35. The molecule has 0 aromatic rings. The number of hydrogen-bond acceptors (Lipinski definition) is 4. The van der Waals surface area contributed by atoms with Gasteiger partial charge in [-0.15, -0.1) is 0 Å². The Morgan fingerprint density at radius 2 is 1.91 bits per heavy atom. The molecule has 0 radical (unpaired) electrons. The van der Waals surface area contributed by atoms with Gasteiger partial charge in [-0.1, -0.05) is 0 Å². The van der Waals surface area contributed by atoms with Crippen molar-refractivity contribution in [2.24, 2.45) is 4.99 Å². The smallest absolute Gasteiger partial charge is 0.243 e. The number of rotatable bonds is 6. The van der Waals surface area contributed by atoms with E-state index < -0.39 is 0 Å². The average Bonchev–Trinajstić information content (AvgIpc) is 2.48. The van der Waals surface area contributed by atoms with Gasteiger partial charge in [0.2, 0.25) is 5.91 Å². The number of likely N-dealkylation sites (N-methyl/N-ethyl adjacent to an activating group) is 1. The maximum atomic E-state index is 11.7. The Bertz CT molecular complexity index is 384. The Balaban J connectivity index is 2.39. The minimum atomic E-state index is -0.1000. The van der Waals surface area contributed by atoms with Crippen molar-refractivity contribution in [2.75, 3.05) is 60.0 Å². The fraction of sp³-hybridized carbons (Fsp3) is 0.875. The minimum absolute atomic E-state index is 0.00618. The molecule has 2 N–H and O–H groups in total. The topological polar surface area (TPSA) is 69.2 Å². The lowest BCUT2D eigenvalue weighted by atomic mass is 10.1. The molecule has 7 nitrogen and oxygen atoms in total. The van der Waals surface area contributed by atoms with Crippen LogP contribution in [-0.4, -0.2) is 87.2 Å². The number of carbonyl (C=O) groups excluding carboxylic acids is 1. The van der Waals surface area contributed by atoms with Crippen LogP contribution in [0.5, 0.6) is 0 Å². The van der Waals surface area contributed by atoms with Crippen LogP contribution >= 0.6 is 0 Å². The lowest BCUT2D eigenvalue weighted by Gasteiger charge is -2.27. The molecular formula is C16H33N5O2. The number of amides is 1. The summed E-state index contributed by atoms with van der Waals surface area (Å²) >= 11 is 0. The van der Waals surface area contributed by atoms with E-state index in [-0.39, 0.29) is 18.0 Å². The first-order valence-electron chi connectivity index (χ1n) is 8.35. The minimum Gasteiger partial charge on any atom is -0.379 e. The first kappa shape index (κ1) is 19.7. The van der Waals surface area contributed by atoms with Gasteiger partial charge in [0.1, 0.15) is 6.54 Å². The molecule has 0 aromatic heterocycles. The highest BCUT2D eigenvalue weighted by Crippen LogP contribution is 1.99. The van der Waals surface area contributed by atoms with Crippen LogP contribution in [-0.2, 0) is 9.53 Å². The molecule has 1 rings (SSSR count). The molecule has 0 aliphatic carbocycles. The first-order valence-corrected chi connectivity index (χ1v) is 8.35. The molecular weight excluding hydrogens is 294 g/mol. The Labute approximate surface area is 140 Å². The van der Waals surface area contributed by atoms with Crippen molar-refractivity contribution in [3.8, 4) is 0 Å². The second kappa shape index (κ2) is 9.72. The molecule has 134 valence electrons. The third kappa shape index (κ3) is 9.40. The van der Waals surface area contributed by atoms with E-state index in [4.69, 9.17) is 4.74 Å². The predicted molar refractivity (Wildman–Crippen MR) is 93.8 cm³/mol. The molecule has 1 saturated heterocycles. The normalized spacial score (nSPS) is 17.0. The zero-order valence-corrected chi connectivity index (χ0v) is 15.3. The molecule has 7 heteroatoms. The summed E-state index contributed by atoms with van der Waals surface area (Å²) in [7, 11) is 3.48. The van der Waals surface area contributed by atoms with Crippen LogP contribution in [0.4, 0.5) is 0 Å². The zero-order chi connectivity index (χ0) is 17.3. The van der Waals surface area contributed by atoms with E-state index in [9.17, 15) is 4.79 Å². The van der Waals surface area contributed by atoms with Crippen molar-refractivity contribution in [3.63, 3.8) is 0 Å². The van der Waals surface area contributed by atoms with Gasteiger partial charge < -0.3 is 20.3 Å². The van der Waals surface area contributed by atoms with Crippen LogP contribution in [0.15, 0.2) is 4.99 Å². The molecule has 0 saturated carbocycles. The lowest BCUT2D eigenvalue weighted by molar-refractivity contribution is -0.127. The van der Waals surface area contributed by atoms with Crippen LogP contribution < -0.4 is 10.6 Å². The highest BCUT2D eigenvalue weighted by atomic mass is 16.5. The fourth-order valence-electron chi connectivity index (χ4n) is 2.12. The summed E-state index contributed by atoms with van der Waals surface area (Å²) in [5.41, 5.74) is -0.1000. The second-order valence-corrected chi connectivity index (χ2v) is 7.06. The first-order chi connectivity index (χ1) is 10.8. The molecule has 1 amide bonds. The highest BCUT2D eigenvalue weighted by molar-refractivity contribution is 5.85. The SMILES string of the molecule is CN(C)C(=O)CN=C(NCCCN1CCOCC1)NC(C)(C)C. The molecule has 0 aromatic carbocycles. The number of aliphatic imine (C=N–C) groups is 1. The van der Waals surface area contributed by atoms with Crippen molar-refractivity contribution in [1.29, 1.82) is 0 Å². The quantitative estimate of drug-likeness (QED) is 0.412. The monoisotopic (exact) mass is 327 g/mol. The van der Waals surface area contributed by atoms with Crippen molar-refractivity contribution in [1.82, 2.24) is 20.4 Å². The average molecular weight is 327 g/mol. The molecule has 1 aliphatic rings. The lowest BCUT2D eigenvalue weighted by Crippen LogP contribution is -2.48. The summed E-state index contributed by atoms with van der Waals surface area (Å²) in [5.74, 6) is 0.683. The third-order valence-corrected chi connectivity index (χ3v) is 3.41. The number of carbonyl (C=O) groups is 1. The van der Waals surface area contributed by atoms with Gasteiger partial charge in [-0.2, -0.15) is 0 Å². The Morgan fingerprint density at radius 1 is 1.26 bits per heavy atom. The number of nitrogens with zero attached hydrogens (tertiary/aromatic N) is 3. The largest absolute Gasteiger partial charge is 0.379 e. The van der Waals surface area contributed by atoms with Crippen LogP contribution in [0, 0.1) is 0 Å². The van der Waals surface area contributed by atoms with Crippen molar-refractivity contribution in [2.45, 2.75) is 32.7 Å². The van der Waals surface area contributed by atoms with E-state index in [1.165, 1.54) is 0 Å². The molecule has 1 fully saturated rings. The van der Waals surface area contributed by atoms with Crippen LogP contribution in [0.25, 0.3) is 0 Å². The summed E-state index contributed by atoms with van der Waals surface area (Å²) in [6.45, 7) is 11.9. The Hall–Kier alpha value is -1.34. The van der Waals surface area contributed by atoms with Gasteiger partial charge in [-0.3, -0.25) is 9.69 Å². The number of guanidine groups is 1. The predicted octanol–water partition coefficient (Wildman–Crippen LogP) is 0.131. The molecule has 0 unspecified atom stereocenters. The maximum absolute atomic E-state index is 11.7. The Morgan fingerprint density at radius 3 is 2.48 bits per heavy atom. The Kier molecular flexibility index (Phi) is 8.33. The van der Waals surface area contributed by atoms with Gasteiger partial charge in [-0.25, -0.2) is 4.99 Å². The number of hydrogen-bond donors (Lipinski definition) is 2. The molecule has 0 bridgehead atoms. The van der Waals surface area contributed by atoms with Crippen LogP contribution in [0.1, 0.15) is 27.2 Å². The van der Waals surface area contributed by atoms with Crippen LogP contribution in [0.3, 0.4) is 0 Å². The summed E-state index contributed by atoms with van der Waals surface area (Å²) in [6, 6.07) is 0. The summed E-state index contributed by atoms with van der Waals surface area (Å²) in [5, 5.41) is 6.64. The van der Waals surface area contributed by atoms with Gasteiger partial charge in [0, 0.05) is 39.3 Å². The number of nitrogens with one attached hydrogen (secondary N) is 2. The van der Waals surface area contributed by atoms with Crippen molar-refractivity contribution < 1.29 is 9.53 Å². The van der Waals surface area contributed by atoms with Gasteiger partial charge >= 0.3 is 0 Å². The summed E-state index contributed by atoms with van der Waals surface area (Å²) in [4.78, 5) is 20.0. The van der Waals surface area contributed by atoms with E-state index >= 15 is 0 Å². The summed E-state index contributed by atoms with van der Waals surface area (Å²) in [6.07, 6.45) is 1.03. The van der Waals surface area contributed by atoms with Crippen LogP contribution in [0.2, 0.25) is 0 Å². The molecule has 0 atom stereocenters. The van der Waals surface area contributed by atoms with E-state index in [1.807, 2.05) is 0 Å². The molecule has 23 heavy (non-hydrogen) atoms.